The highest BCUT2D eigenvalue weighted by molar-refractivity contribution is 6.29. The normalized spacial score (nSPS) is 18.8. The van der Waals surface area contributed by atoms with Gasteiger partial charge >= 0.3 is 0 Å². The van der Waals surface area contributed by atoms with Crippen molar-refractivity contribution in [2.45, 2.75) is 33.2 Å². The second kappa shape index (κ2) is 5.78. The summed E-state index contributed by atoms with van der Waals surface area (Å²) in [5, 5.41) is 0.465. The number of likely N-dealkylation sites (tertiary alicyclic amines) is 1. The first-order valence-corrected chi connectivity index (χ1v) is 6.71. The van der Waals surface area contributed by atoms with Crippen LogP contribution in [0.15, 0.2) is 12.4 Å². The van der Waals surface area contributed by atoms with Crippen molar-refractivity contribution < 1.29 is 0 Å². The number of aromatic nitrogens is 2. The molecule has 0 bridgehead atoms. The second-order valence-electron chi connectivity index (χ2n) is 5.19. The van der Waals surface area contributed by atoms with Gasteiger partial charge in [-0.15, -0.1) is 0 Å². The van der Waals surface area contributed by atoms with E-state index in [9.17, 15) is 0 Å². The zero-order valence-corrected chi connectivity index (χ0v) is 11.3. The SMILES string of the molecule is CC(C)C1CCN(Cc2cnc(Cl)cn2)CC1. The molecule has 3 nitrogen and oxygen atoms in total. The summed E-state index contributed by atoms with van der Waals surface area (Å²) in [6.45, 7) is 7.89. The molecule has 0 spiro atoms. The molecule has 1 aromatic heterocycles. The van der Waals surface area contributed by atoms with Gasteiger partial charge in [0.05, 0.1) is 18.1 Å². The molecule has 2 heterocycles. The van der Waals surface area contributed by atoms with Crippen LogP contribution in [0.1, 0.15) is 32.4 Å². The van der Waals surface area contributed by atoms with Crippen LogP contribution in [-0.2, 0) is 6.54 Å². The smallest absolute Gasteiger partial charge is 0.147 e. The third kappa shape index (κ3) is 3.65. The van der Waals surface area contributed by atoms with Gasteiger partial charge in [0.2, 0.25) is 0 Å². The average Bonchev–Trinajstić information content (AvgIpc) is 2.33. The molecule has 1 aromatic rings. The predicted molar refractivity (Wildman–Crippen MR) is 69.9 cm³/mol. The standard InChI is InChI=1S/C13H20ClN3/c1-10(2)11-3-5-17(6-4-11)9-12-7-16-13(14)8-15-12/h7-8,10-11H,3-6,9H2,1-2H3. The second-order valence-corrected chi connectivity index (χ2v) is 5.58. The molecule has 1 saturated heterocycles. The molecule has 1 aliphatic rings. The number of halogens is 1. The van der Waals surface area contributed by atoms with Crippen LogP contribution in [0.25, 0.3) is 0 Å². The molecule has 1 fully saturated rings. The highest BCUT2D eigenvalue weighted by Gasteiger charge is 2.21. The minimum Gasteiger partial charge on any atom is -0.297 e. The molecule has 17 heavy (non-hydrogen) atoms. The van der Waals surface area contributed by atoms with Gasteiger partial charge in [-0.25, -0.2) is 4.98 Å². The van der Waals surface area contributed by atoms with Crippen LogP contribution in [0.3, 0.4) is 0 Å². The van der Waals surface area contributed by atoms with Crippen LogP contribution in [0.5, 0.6) is 0 Å². The van der Waals surface area contributed by atoms with Crippen molar-refractivity contribution in [1.82, 2.24) is 14.9 Å². The Morgan fingerprint density at radius 3 is 2.53 bits per heavy atom. The molecule has 1 aliphatic heterocycles. The van der Waals surface area contributed by atoms with Gasteiger partial charge in [0.15, 0.2) is 0 Å². The first-order valence-electron chi connectivity index (χ1n) is 6.34. The lowest BCUT2D eigenvalue weighted by Gasteiger charge is -2.33. The first-order chi connectivity index (χ1) is 8.15. The largest absolute Gasteiger partial charge is 0.297 e. The topological polar surface area (TPSA) is 29.0 Å². The number of hydrogen-bond acceptors (Lipinski definition) is 3. The maximum absolute atomic E-state index is 5.72. The fourth-order valence-corrected chi connectivity index (χ4v) is 2.53. The Morgan fingerprint density at radius 2 is 2.00 bits per heavy atom. The first kappa shape index (κ1) is 12.8. The van der Waals surface area contributed by atoms with Crippen LogP contribution in [0.4, 0.5) is 0 Å². The molecule has 0 saturated carbocycles. The van der Waals surface area contributed by atoms with E-state index in [1.807, 2.05) is 0 Å². The summed E-state index contributed by atoms with van der Waals surface area (Å²) in [6, 6.07) is 0. The third-order valence-electron chi connectivity index (χ3n) is 3.63. The maximum atomic E-state index is 5.72. The number of piperidine rings is 1. The predicted octanol–water partition coefficient (Wildman–Crippen LogP) is 3.00. The molecule has 0 atom stereocenters. The van der Waals surface area contributed by atoms with Crippen LogP contribution in [0.2, 0.25) is 5.15 Å². The van der Waals surface area contributed by atoms with Gasteiger partial charge in [-0.05, 0) is 37.8 Å². The summed E-state index contributed by atoms with van der Waals surface area (Å²) in [5.41, 5.74) is 1.01. The summed E-state index contributed by atoms with van der Waals surface area (Å²) in [7, 11) is 0. The molecule has 4 heteroatoms. The van der Waals surface area contributed by atoms with E-state index < -0.39 is 0 Å². The van der Waals surface area contributed by atoms with Crippen molar-refractivity contribution in [2.75, 3.05) is 13.1 Å². The van der Waals surface area contributed by atoms with Crippen molar-refractivity contribution in [2.24, 2.45) is 11.8 Å². The van der Waals surface area contributed by atoms with E-state index in [0.29, 0.717) is 5.15 Å². The molecular formula is C13H20ClN3. The van der Waals surface area contributed by atoms with E-state index in [1.165, 1.54) is 25.9 Å². The minimum absolute atomic E-state index is 0.465. The zero-order valence-electron chi connectivity index (χ0n) is 10.6. The lowest BCUT2D eigenvalue weighted by Crippen LogP contribution is -2.35. The van der Waals surface area contributed by atoms with Crippen LogP contribution in [-0.4, -0.2) is 28.0 Å². The third-order valence-corrected chi connectivity index (χ3v) is 3.83. The molecule has 0 unspecified atom stereocenters. The number of nitrogens with zero attached hydrogens (tertiary/aromatic N) is 3. The molecular weight excluding hydrogens is 234 g/mol. The zero-order chi connectivity index (χ0) is 12.3. The fraction of sp³-hybridized carbons (Fsp3) is 0.692. The van der Waals surface area contributed by atoms with E-state index in [4.69, 9.17) is 11.6 Å². The summed E-state index contributed by atoms with van der Waals surface area (Å²) in [4.78, 5) is 10.8. The van der Waals surface area contributed by atoms with E-state index >= 15 is 0 Å². The Labute approximate surface area is 108 Å². The molecule has 0 radical (unpaired) electrons. The maximum Gasteiger partial charge on any atom is 0.147 e. The highest BCUT2D eigenvalue weighted by atomic mass is 35.5. The van der Waals surface area contributed by atoms with Crippen molar-refractivity contribution >= 4 is 11.6 Å². The molecule has 2 rings (SSSR count). The number of rotatable bonds is 3. The molecule has 0 N–H and O–H groups in total. The Hall–Kier alpha value is -0.670. The van der Waals surface area contributed by atoms with Crippen molar-refractivity contribution in [1.29, 1.82) is 0 Å². The van der Waals surface area contributed by atoms with Crippen molar-refractivity contribution in [3.63, 3.8) is 0 Å². The van der Waals surface area contributed by atoms with Gasteiger partial charge < -0.3 is 0 Å². The highest BCUT2D eigenvalue weighted by Crippen LogP contribution is 2.24. The Balaban J connectivity index is 1.84. The van der Waals surface area contributed by atoms with E-state index in [-0.39, 0.29) is 0 Å². The Kier molecular flexibility index (Phi) is 4.35. The lowest BCUT2D eigenvalue weighted by molar-refractivity contribution is 0.150. The van der Waals surface area contributed by atoms with E-state index in [1.54, 1.807) is 12.4 Å². The minimum atomic E-state index is 0.465. The molecule has 0 amide bonds. The van der Waals surface area contributed by atoms with Crippen LogP contribution < -0.4 is 0 Å². The molecule has 0 aliphatic carbocycles. The Morgan fingerprint density at radius 1 is 1.29 bits per heavy atom. The van der Waals surface area contributed by atoms with E-state index in [0.717, 1.165) is 24.1 Å². The summed E-state index contributed by atoms with van der Waals surface area (Å²) >= 11 is 5.72. The van der Waals surface area contributed by atoms with E-state index in [2.05, 4.69) is 28.7 Å². The Bertz CT molecular complexity index is 342. The van der Waals surface area contributed by atoms with Crippen molar-refractivity contribution in [3.05, 3.63) is 23.2 Å². The average molecular weight is 254 g/mol. The van der Waals surface area contributed by atoms with Gasteiger partial charge in [0.1, 0.15) is 5.15 Å². The molecule has 94 valence electrons. The quantitative estimate of drug-likeness (QED) is 0.829. The van der Waals surface area contributed by atoms with Crippen LogP contribution >= 0.6 is 11.6 Å². The van der Waals surface area contributed by atoms with Gasteiger partial charge in [0, 0.05) is 6.54 Å². The molecule has 0 aromatic carbocycles. The van der Waals surface area contributed by atoms with Gasteiger partial charge in [-0.2, -0.15) is 0 Å². The summed E-state index contributed by atoms with van der Waals surface area (Å²) in [6.07, 6.45) is 6.01. The fourth-order valence-electron chi connectivity index (χ4n) is 2.43. The summed E-state index contributed by atoms with van der Waals surface area (Å²) in [5.74, 6) is 1.70. The van der Waals surface area contributed by atoms with Gasteiger partial charge in [-0.3, -0.25) is 9.88 Å². The van der Waals surface area contributed by atoms with Crippen molar-refractivity contribution in [3.8, 4) is 0 Å². The van der Waals surface area contributed by atoms with Crippen LogP contribution in [0, 0.1) is 11.8 Å². The summed E-state index contributed by atoms with van der Waals surface area (Å²) < 4.78 is 0. The monoisotopic (exact) mass is 253 g/mol. The lowest BCUT2D eigenvalue weighted by atomic mass is 9.87. The number of hydrogen-bond donors (Lipinski definition) is 0. The van der Waals surface area contributed by atoms with Gasteiger partial charge in [0.25, 0.3) is 0 Å². The van der Waals surface area contributed by atoms with Gasteiger partial charge in [-0.1, -0.05) is 25.4 Å².